The van der Waals surface area contributed by atoms with E-state index in [1.165, 1.54) is 7.11 Å². The quantitative estimate of drug-likeness (QED) is 0.802. The van der Waals surface area contributed by atoms with Crippen LogP contribution in [0.1, 0.15) is 19.4 Å². The zero-order chi connectivity index (χ0) is 12.3. The summed E-state index contributed by atoms with van der Waals surface area (Å²) < 4.78 is 10.7. The molecule has 16 heavy (non-hydrogen) atoms. The topological polar surface area (TPSA) is 35.5 Å². The number of benzene rings is 1. The van der Waals surface area contributed by atoms with Gasteiger partial charge in [-0.2, -0.15) is 0 Å². The van der Waals surface area contributed by atoms with Crippen molar-refractivity contribution >= 4 is 21.9 Å². The minimum absolute atomic E-state index is 0.265. The number of carbonyl (C=O) groups is 1. The standard InChI is InChI=1S/C12H15BrO3/c1-12(2,11(14)16-4)9-6-5-8(15-3)7-10(9)13/h5-7H,1-4H3. The van der Waals surface area contributed by atoms with Gasteiger partial charge in [-0.1, -0.05) is 22.0 Å². The zero-order valence-corrected chi connectivity index (χ0v) is 11.4. The van der Waals surface area contributed by atoms with Crippen LogP contribution in [0.2, 0.25) is 0 Å². The largest absolute Gasteiger partial charge is 0.497 e. The summed E-state index contributed by atoms with van der Waals surface area (Å²) in [5, 5.41) is 0. The molecule has 0 unspecified atom stereocenters. The molecule has 3 nitrogen and oxygen atoms in total. The predicted molar refractivity (Wildman–Crippen MR) is 65.7 cm³/mol. The molecule has 0 aliphatic heterocycles. The predicted octanol–water partition coefficient (Wildman–Crippen LogP) is 2.91. The molecule has 88 valence electrons. The molecule has 0 aromatic heterocycles. The van der Waals surface area contributed by atoms with Gasteiger partial charge in [-0.05, 0) is 31.5 Å². The lowest BCUT2D eigenvalue weighted by Gasteiger charge is -2.23. The summed E-state index contributed by atoms with van der Waals surface area (Å²) in [5.41, 5.74) is 0.194. The second-order valence-corrected chi connectivity index (χ2v) is 4.82. The van der Waals surface area contributed by atoms with Crippen molar-refractivity contribution in [3.05, 3.63) is 28.2 Å². The first-order valence-electron chi connectivity index (χ1n) is 4.86. The van der Waals surface area contributed by atoms with Gasteiger partial charge in [0, 0.05) is 4.47 Å². The van der Waals surface area contributed by atoms with Crippen LogP contribution >= 0.6 is 15.9 Å². The van der Waals surface area contributed by atoms with Crippen LogP contribution < -0.4 is 4.74 Å². The lowest BCUT2D eigenvalue weighted by molar-refractivity contribution is -0.146. The fourth-order valence-corrected chi connectivity index (χ4v) is 2.35. The van der Waals surface area contributed by atoms with Crippen molar-refractivity contribution < 1.29 is 14.3 Å². The van der Waals surface area contributed by atoms with Crippen molar-refractivity contribution in [1.82, 2.24) is 0 Å². The molecule has 0 saturated carbocycles. The molecular formula is C12H15BrO3. The molecule has 0 atom stereocenters. The first kappa shape index (κ1) is 13.0. The number of esters is 1. The molecule has 0 bridgehead atoms. The highest BCUT2D eigenvalue weighted by molar-refractivity contribution is 9.10. The van der Waals surface area contributed by atoms with Gasteiger partial charge in [0.1, 0.15) is 5.75 Å². The van der Waals surface area contributed by atoms with Gasteiger partial charge in [-0.3, -0.25) is 4.79 Å². The van der Waals surface area contributed by atoms with E-state index in [1.807, 2.05) is 32.0 Å². The van der Waals surface area contributed by atoms with Crippen LogP contribution in [0.3, 0.4) is 0 Å². The van der Waals surface area contributed by atoms with Gasteiger partial charge in [-0.25, -0.2) is 0 Å². The van der Waals surface area contributed by atoms with Gasteiger partial charge in [0.25, 0.3) is 0 Å². The zero-order valence-electron chi connectivity index (χ0n) is 9.83. The molecule has 0 aliphatic rings. The Labute approximate surface area is 104 Å². The van der Waals surface area contributed by atoms with Gasteiger partial charge >= 0.3 is 5.97 Å². The number of carbonyl (C=O) groups excluding carboxylic acids is 1. The first-order chi connectivity index (χ1) is 7.43. The Kier molecular flexibility index (Phi) is 3.97. The van der Waals surface area contributed by atoms with E-state index in [0.29, 0.717) is 0 Å². The van der Waals surface area contributed by atoms with E-state index in [0.717, 1.165) is 15.8 Å². The minimum atomic E-state index is -0.681. The van der Waals surface area contributed by atoms with Crippen LogP contribution in [0.4, 0.5) is 0 Å². The molecule has 0 heterocycles. The third-order valence-electron chi connectivity index (χ3n) is 2.55. The highest BCUT2D eigenvalue weighted by Gasteiger charge is 2.32. The molecule has 0 spiro atoms. The Hall–Kier alpha value is -1.03. The van der Waals surface area contributed by atoms with Crippen LogP contribution in [-0.4, -0.2) is 20.2 Å². The van der Waals surface area contributed by atoms with Crippen LogP contribution in [0.25, 0.3) is 0 Å². The molecule has 0 fully saturated rings. The lowest BCUT2D eigenvalue weighted by Crippen LogP contribution is -2.30. The number of halogens is 1. The minimum Gasteiger partial charge on any atom is -0.497 e. The van der Waals surface area contributed by atoms with E-state index < -0.39 is 5.41 Å². The highest BCUT2D eigenvalue weighted by atomic mass is 79.9. The van der Waals surface area contributed by atoms with Gasteiger partial charge in [0.2, 0.25) is 0 Å². The van der Waals surface area contributed by atoms with E-state index >= 15 is 0 Å². The SMILES string of the molecule is COC(=O)C(C)(C)c1ccc(OC)cc1Br. The highest BCUT2D eigenvalue weighted by Crippen LogP contribution is 2.33. The van der Waals surface area contributed by atoms with E-state index in [4.69, 9.17) is 9.47 Å². The Bertz CT molecular complexity index is 399. The maximum atomic E-state index is 11.7. The summed E-state index contributed by atoms with van der Waals surface area (Å²) >= 11 is 3.43. The summed E-state index contributed by atoms with van der Waals surface area (Å²) in [6, 6.07) is 5.52. The van der Waals surface area contributed by atoms with Crippen molar-refractivity contribution in [2.75, 3.05) is 14.2 Å². The first-order valence-corrected chi connectivity index (χ1v) is 5.65. The molecule has 0 N–H and O–H groups in total. The maximum absolute atomic E-state index is 11.7. The summed E-state index contributed by atoms with van der Waals surface area (Å²) in [5.74, 6) is 0.481. The molecule has 0 amide bonds. The number of hydrogen-bond acceptors (Lipinski definition) is 3. The molecular weight excluding hydrogens is 272 g/mol. The summed E-state index contributed by atoms with van der Waals surface area (Å²) in [6.45, 7) is 3.65. The Morgan fingerprint density at radius 1 is 1.31 bits per heavy atom. The molecule has 1 rings (SSSR count). The van der Waals surface area contributed by atoms with Gasteiger partial charge < -0.3 is 9.47 Å². The van der Waals surface area contributed by atoms with Crippen LogP contribution in [0, 0.1) is 0 Å². The summed E-state index contributed by atoms with van der Waals surface area (Å²) in [6.07, 6.45) is 0. The van der Waals surface area contributed by atoms with Crippen molar-refractivity contribution in [2.45, 2.75) is 19.3 Å². The van der Waals surface area contributed by atoms with Crippen LogP contribution in [0.15, 0.2) is 22.7 Å². The third-order valence-corrected chi connectivity index (χ3v) is 3.20. The Morgan fingerprint density at radius 3 is 2.38 bits per heavy atom. The van der Waals surface area contributed by atoms with Crippen molar-refractivity contribution in [1.29, 1.82) is 0 Å². The monoisotopic (exact) mass is 286 g/mol. The molecule has 4 heteroatoms. The maximum Gasteiger partial charge on any atom is 0.315 e. The third kappa shape index (κ3) is 2.38. The summed E-state index contributed by atoms with van der Waals surface area (Å²) in [7, 11) is 2.99. The average Bonchev–Trinajstić information content (AvgIpc) is 2.27. The van der Waals surface area contributed by atoms with Crippen molar-refractivity contribution in [3.63, 3.8) is 0 Å². The van der Waals surface area contributed by atoms with Gasteiger partial charge in [0.05, 0.1) is 19.6 Å². The van der Waals surface area contributed by atoms with Crippen molar-refractivity contribution in [3.8, 4) is 5.75 Å². The van der Waals surface area contributed by atoms with Gasteiger partial charge in [0.15, 0.2) is 0 Å². The van der Waals surface area contributed by atoms with E-state index in [9.17, 15) is 4.79 Å². The fourth-order valence-electron chi connectivity index (χ4n) is 1.49. The van der Waals surface area contributed by atoms with Crippen LogP contribution in [0.5, 0.6) is 5.75 Å². The summed E-state index contributed by atoms with van der Waals surface area (Å²) in [4.78, 5) is 11.7. The number of rotatable bonds is 3. The van der Waals surface area contributed by atoms with E-state index in [1.54, 1.807) is 7.11 Å². The molecule has 0 saturated heterocycles. The smallest absolute Gasteiger partial charge is 0.315 e. The fraction of sp³-hybridized carbons (Fsp3) is 0.417. The van der Waals surface area contributed by atoms with Crippen molar-refractivity contribution in [2.24, 2.45) is 0 Å². The molecule has 0 aliphatic carbocycles. The number of methoxy groups -OCH3 is 2. The number of ether oxygens (including phenoxy) is 2. The van der Waals surface area contributed by atoms with E-state index in [-0.39, 0.29) is 5.97 Å². The molecule has 1 aromatic carbocycles. The molecule has 0 radical (unpaired) electrons. The Morgan fingerprint density at radius 2 is 1.94 bits per heavy atom. The second-order valence-electron chi connectivity index (χ2n) is 3.96. The van der Waals surface area contributed by atoms with Crippen LogP contribution in [-0.2, 0) is 14.9 Å². The second kappa shape index (κ2) is 4.87. The Balaban J connectivity index is 3.18. The average molecular weight is 287 g/mol. The van der Waals surface area contributed by atoms with E-state index in [2.05, 4.69) is 15.9 Å². The number of hydrogen-bond donors (Lipinski definition) is 0. The molecule has 1 aromatic rings. The normalized spacial score (nSPS) is 11.1. The lowest BCUT2D eigenvalue weighted by atomic mass is 9.85. The van der Waals surface area contributed by atoms with Gasteiger partial charge in [-0.15, -0.1) is 0 Å².